The molecule has 24 nitrogen and oxygen atoms in total. The lowest BCUT2D eigenvalue weighted by Crippen LogP contribution is -2.27. The molecule has 13 rings (SSSR count). The SMILES string of the molecule is CC.CC.CC.CC(C)(O)Cn1cc(NC(=O)c2cnn3cccnc23)c(-c2ccccc2)n1.CC(C)(O)Cn1ncc(NC(=O)c2cnn3cccnc23)c1-c1ccccc1.CC1(C)CO1.O=C(Nc1cn[nH]c1-c1ccccc1)c1cnn2cccnc12. The van der Waals surface area contributed by atoms with Crippen molar-refractivity contribution in [1.82, 2.24) is 73.6 Å². The fraction of sp³-hybridized carbons (Fsp3) is 0.273. The molecular formula is C66H78N18O6. The molecule has 9 aromatic heterocycles. The Morgan fingerprint density at radius 2 is 0.933 bits per heavy atom. The van der Waals surface area contributed by atoms with Crippen LogP contribution in [0.4, 0.5) is 17.1 Å². The van der Waals surface area contributed by atoms with E-state index >= 15 is 0 Å². The third-order valence-electron chi connectivity index (χ3n) is 12.5. The Hall–Kier alpha value is -10.6. The molecule has 24 heteroatoms. The number of aromatic nitrogens is 15. The minimum absolute atomic E-state index is 0.250. The van der Waals surface area contributed by atoms with Crippen LogP contribution in [0.5, 0.6) is 0 Å². The smallest absolute Gasteiger partial charge is 0.261 e. The number of aliphatic hydroxyl groups is 2. The molecule has 0 bridgehead atoms. The number of carbonyl (C=O) groups excluding carboxylic acids is 3. The second kappa shape index (κ2) is 30.9. The Balaban J connectivity index is 0.000000178. The van der Waals surface area contributed by atoms with Gasteiger partial charge in [-0.1, -0.05) is 133 Å². The highest BCUT2D eigenvalue weighted by Crippen LogP contribution is 2.31. The Kier molecular flexibility index (Phi) is 23.0. The highest BCUT2D eigenvalue weighted by Gasteiger charge is 2.32. The number of nitrogens with zero attached hydrogens (tertiary/aromatic N) is 14. The number of anilines is 3. The monoisotopic (exact) mass is 1220 g/mol. The highest BCUT2D eigenvalue weighted by molar-refractivity contribution is 6.11. The second-order valence-corrected chi connectivity index (χ2v) is 21.3. The number of hydrogen-bond acceptors (Lipinski definition) is 15. The minimum Gasteiger partial charge on any atom is -0.389 e. The first kappa shape index (κ1) is 67.0. The normalized spacial score (nSPS) is 11.9. The molecule has 0 spiro atoms. The standard InChI is InChI=1S/2C20H20N6O2.C16H12N6O.C4H8O.3C2H6/c1-20(2,28)13-25-12-16(17(24-25)14-7-4-3-5-8-14)23-19(27)15-11-22-26-10-6-9-21-18(15)26;1-20(2,28)13-26-17(14-7-4-3-5-8-14)16(12-23-26)24-19(27)15-11-22-25-10-6-9-21-18(15)25;23-16(12-9-19-22-8-4-7-17-15(12)22)20-13-10-18-21-14(13)11-5-2-1-3-6-11;1-4(2)3-5-4;3*1-2/h3-12,28H,13H2,1-2H3,(H,23,27);3-12,28H,13H2,1-2H3,(H,24,27);1-10H,(H,18,21)(H,20,23);3H2,1-2H3;3*1-2H3. The third-order valence-corrected chi connectivity index (χ3v) is 12.5. The maximum atomic E-state index is 12.9. The maximum Gasteiger partial charge on any atom is 0.261 e. The van der Waals surface area contributed by atoms with Gasteiger partial charge in [0.25, 0.3) is 17.7 Å². The third kappa shape index (κ3) is 17.8. The van der Waals surface area contributed by atoms with Crippen LogP contribution in [0.3, 0.4) is 0 Å². The number of epoxide rings is 1. The van der Waals surface area contributed by atoms with Crippen molar-refractivity contribution >= 4 is 51.7 Å². The molecule has 1 aliphatic heterocycles. The van der Waals surface area contributed by atoms with E-state index in [1.807, 2.05) is 133 Å². The van der Waals surface area contributed by atoms with E-state index in [2.05, 4.69) is 80.4 Å². The molecule has 6 N–H and O–H groups in total. The minimum atomic E-state index is -0.955. The van der Waals surface area contributed by atoms with E-state index in [1.54, 1.807) is 125 Å². The first-order valence-corrected chi connectivity index (χ1v) is 29.6. The van der Waals surface area contributed by atoms with Gasteiger partial charge in [-0.15, -0.1) is 0 Å². The first-order chi connectivity index (χ1) is 43.4. The number of aromatic amines is 1. The molecule has 0 unspecified atom stereocenters. The van der Waals surface area contributed by atoms with Crippen molar-refractivity contribution in [1.29, 1.82) is 0 Å². The molecule has 0 radical (unpaired) electrons. The average molecular weight is 1220 g/mol. The molecule has 90 heavy (non-hydrogen) atoms. The number of fused-ring (bicyclic) bond motifs is 3. The summed E-state index contributed by atoms with van der Waals surface area (Å²) in [5.74, 6) is -0.931. The number of amides is 3. The van der Waals surface area contributed by atoms with Crippen LogP contribution < -0.4 is 16.0 Å². The number of benzene rings is 3. The van der Waals surface area contributed by atoms with E-state index in [9.17, 15) is 24.6 Å². The largest absolute Gasteiger partial charge is 0.389 e. The van der Waals surface area contributed by atoms with Crippen molar-refractivity contribution in [2.75, 3.05) is 22.6 Å². The Morgan fingerprint density at radius 1 is 0.533 bits per heavy atom. The number of hydrogen-bond donors (Lipinski definition) is 6. The first-order valence-electron chi connectivity index (χ1n) is 29.6. The van der Waals surface area contributed by atoms with Gasteiger partial charge in [0, 0.05) is 60.1 Å². The molecule has 1 aliphatic rings. The lowest BCUT2D eigenvalue weighted by atomic mass is 10.1. The lowest BCUT2D eigenvalue weighted by Gasteiger charge is -2.19. The molecule has 12 aromatic rings. The molecule has 10 heterocycles. The van der Waals surface area contributed by atoms with E-state index < -0.39 is 11.2 Å². The van der Waals surface area contributed by atoms with Gasteiger partial charge >= 0.3 is 0 Å². The van der Waals surface area contributed by atoms with Crippen LogP contribution in [-0.4, -0.2) is 125 Å². The topological polar surface area (TPSA) is 295 Å². The van der Waals surface area contributed by atoms with Gasteiger partial charge in [0.05, 0.1) is 95.9 Å². The summed E-state index contributed by atoms with van der Waals surface area (Å²) in [6, 6.07) is 34.1. The van der Waals surface area contributed by atoms with E-state index in [4.69, 9.17) is 4.74 Å². The number of H-pyrrole nitrogens is 1. The molecule has 1 fully saturated rings. The molecule has 3 amide bonds. The van der Waals surface area contributed by atoms with E-state index in [1.165, 1.54) is 18.6 Å². The Bertz CT molecular complexity index is 4120. The summed E-state index contributed by atoms with van der Waals surface area (Å²) in [7, 11) is 0. The summed E-state index contributed by atoms with van der Waals surface area (Å²) in [5, 5.41) is 57.3. The van der Waals surface area contributed by atoms with Crippen LogP contribution in [0, 0.1) is 0 Å². The second-order valence-electron chi connectivity index (χ2n) is 21.3. The van der Waals surface area contributed by atoms with E-state index in [0.29, 0.717) is 62.9 Å². The summed E-state index contributed by atoms with van der Waals surface area (Å²) in [6.45, 7) is 24.5. The summed E-state index contributed by atoms with van der Waals surface area (Å²) < 4.78 is 12.9. The van der Waals surface area contributed by atoms with E-state index in [-0.39, 0.29) is 29.9 Å². The van der Waals surface area contributed by atoms with Crippen LogP contribution >= 0.6 is 0 Å². The number of ether oxygens (including phenoxy) is 1. The van der Waals surface area contributed by atoms with Gasteiger partial charge in [-0.3, -0.25) is 28.8 Å². The van der Waals surface area contributed by atoms with Crippen molar-refractivity contribution in [3.8, 4) is 33.8 Å². The van der Waals surface area contributed by atoms with Crippen molar-refractivity contribution in [3.63, 3.8) is 0 Å². The zero-order valence-electron chi connectivity index (χ0n) is 52.7. The number of rotatable bonds is 13. The van der Waals surface area contributed by atoms with Gasteiger partial charge in [-0.25, -0.2) is 28.5 Å². The predicted molar refractivity (Wildman–Crippen MR) is 349 cm³/mol. The average Bonchev–Trinajstić information content (AvgIpc) is 1.77. The van der Waals surface area contributed by atoms with Gasteiger partial charge in [0.15, 0.2) is 16.9 Å². The zero-order valence-corrected chi connectivity index (χ0v) is 52.7. The molecule has 0 saturated carbocycles. The van der Waals surface area contributed by atoms with Crippen LogP contribution in [0.15, 0.2) is 184 Å². The fourth-order valence-electron chi connectivity index (χ4n) is 8.54. The van der Waals surface area contributed by atoms with Gasteiger partial charge in [0.2, 0.25) is 0 Å². The highest BCUT2D eigenvalue weighted by atomic mass is 16.6. The van der Waals surface area contributed by atoms with Crippen LogP contribution in [-0.2, 0) is 17.8 Å². The van der Waals surface area contributed by atoms with E-state index in [0.717, 1.165) is 34.7 Å². The Labute approximate surface area is 522 Å². The molecule has 0 aliphatic carbocycles. The number of carbonyl (C=O) groups is 3. The van der Waals surface area contributed by atoms with Crippen molar-refractivity contribution < 1.29 is 29.3 Å². The van der Waals surface area contributed by atoms with Gasteiger partial charge < -0.3 is 30.9 Å². The number of nitrogens with one attached hydrogen (secondary N) is 4. The van der Waals surface area contributed by atoms with Crippen molar-refractivity contribution in [3.05, 3.63) is 200 Å². The van der Waals surface area contributed by atoms with Gasteiger partial charge in [-0.05, 0) is 59.7 Å². The summed E-state index contributed by atoms with van der Waals surface area (Å²) >= 11 is 0. The Morgan fingerprint density at radius 3 is 1.36 bits per heavy atom. The summed E-state index contributed by atoms with van der Waals surface area (Å²) in [5.41, 5.74) is 7.48. The summed E-state index contributed by atoms with van der Waals surface area (Å²) in [6.07, 6.45) is 19.4. The summed E-state index contributed by atoms with van der Waals surface area (Å²) in [4.78, 5) is 50.9. The quantitative estimate of drug-likeness (QED) is 0.0585. The molecule has 1 saturated heterocycles. The van der Waals surface area contributed by atoms with Gasteiger partial charge in [0.1, 0.15) is 22.4 Å². The van der Waals surface area contributed by atoms with Crippen molar-refractivity contribution in [2.24, 2.45) is 0 Å². The molecule has 468 valence electrons. The van der Waals surface area contributed by atoms with Crippen LogP contribution in [0.1, 0.15) is 114 Å². The molecular weight excluding hydrogens is 1140 g/mol. The van der Waals surface area contributed by atoms with Crippen molar-refractivity contribution in [2.45, 2.75) is 113 Å². The lowest BCUT2D eigenvalue weighted by molar-refractivity contribution is 0.0574. The van der Waals surface area contributed by atoms with Crippen LogP contribution in [0.25, 0.3) is 50.7 Å². The fourth-order valence-corrected chi connectivity index (χ4v) is 8.54. The van der Waals surface area contributed by atoms with Crippen LogP contribution in [0.2, 0.25) is 0 Å². The molecule has 3 aromatic carbocycles. The maximum absolute atomic E-state index is 12.9. The predicted octanol–water partition coefficient (Wildman–Crippen LogP) is 11.5. The zero-order chi connectivity index (χ0) is 65.0. The molecule has 0 atom stereocenters. The van der Waals surface area contributed by atoms with Gasteiger partial charge in [-0.2, -0.15) is 30.6 Å².